The summed E-state index contributed by atoms with van der Waals surface area (Å²) >= 11 is 3.30. The lowest BCUT2D eigenvalue weighted by molar-refractivity contribution is 0.173. The molecule has 1 saturated carbocycles. The Balaban J connectivity index is 2.02. The van der Waals surface area contributed by atoms with Crippen LogP contribution in [0.3, 0.4) is 0 Å². The van der Waals surface area contributed by atoms with Crippen molar-refractivity contribution >= 4 is 15.9 Å². The highest BCUT2D eigenvalue weighted by Gasteiger charge is 2.22. The zero-order valence-electron chi connectivity index (χ0n) is 8.21. The van der Waals surface area contributed by atoms with Gasteiger partial charge in [-0.3, -0.25) is 0 Å². The van der Waals surface area contributed by atoms with E-state index in [4.69, 9.17) is 0 Å². The Kier molecular flexibility index (Phi) is 3.38. The van der Waals surface area contributed by atoms with E-state index in [-0.39, 0.29) is 5.82 Å². The second-order valence-corrected chi connectivity index (χ2v) is 4.72. The summed E-state index contributed by atoms with van der Waals surface area (Å²) in [7, 11) is 0. The molecule has 15 heavy (non-hydrogen) atoms. The van der Waals surface area contributed by atoms with Crippen LogP contribution in [-0.4, -0.2) is 17.7 Å². The summed E-state index contributed by atoms with van der Waals surface area (Å²) in [6, 6.07) is 4.90. The molecule has 2 N–H and O–H groups in total. The van der Waals surface area contributed by atoms with Gasteiger partial charge in [0.05, 0.1) is 6.10 Å². The minimum absolute atomic E-state index is 0.321. The van der Waals surface area contributed by atoms with E-state index < -0.39 is 6.10 Å². The van der Waals surface area contributed by atoms with Crippen LogP contribution in [0.2, 0.25) is 0 Å². The van der Waals surface area contributed by atoms with Gasteiger partial charge in [0.15, 0.2) is 0 Å². The van der Waals surface area contributed by atoms with Gasteiger partial charge in [-0.2, -0.15) is 0 Å². The van der Waals surface area contributed by atoms with E-state index in [0.717, 1.165) is 4.47 Å². The monoisotopic (exact) mass is 273 g/mol. The van der Waals surface area contributed by atoms with Crippen LogP contribution in [0.5, 0.6) is 0 Å². The Morgan fingerprint density at radius 1 is 1.53 bits per heavy atom. The molecule has 0 aromatic heterocycles. The first kappa shape index (κ1) is 11.0. The smallest absolute Gasteiger partial charge is 0.123 e. The zero-order chi connectivity index (χ0) is 10.8. The molecule has 0 amide bonds. The molecule has 4 heteroatoms. The number of hydrogen-bond donors (Lipinski definition) is 2. The Morgan fingerprint density at radius 2 is 2.27 bits per heavy atom. The maximum Gasteiger partial charge on any atom is 0.123 e. The molecule has 1 aliphatic rings. The fourth-order valence-corrected chi connectivity index (χ4v) is 1.96. The van der Waals surface area contributed by atoms with E-state index >= 15 is 0 Å². The van der Waals surface area contributed by atoms with Gasteiger partial charge < -0.3 is 10.4 Å². The molecule has 0 aliphatic heterocycles. The van der Waals surface area contributed by atoms with Crippen LogP contribution in [0.15, 0.2) is 22.7 Å². The van der Waals surface area contributed by atoms with Gasteiger partial charge in [-0.15, -0.1) is 0 Å². The summed E-state index contributed by atoms with van der Waals surface area (Å²) in [4.78, 5) is 0. The zero-order valence-corrected chi connectivity index (χ0v) is 9.80. The van der Waals surface area contributed by atoms with Gasteiger partial charge in [0.2, 0.25) is 0 Å². The quantitative estimate of drug-likeness (QED) is 0.883. The van der Waals surface area contributed by atoms with Crippen LogP contribution in [-0.2, 0) is 0 Å². The van der Waals surface area contributed by atoms with Crippen LogP contribution in [0.1, 0.15) is 24.5 Å². The molecule has 82 valence electrons. The molecule has 0 heterocycles. The van der Waals surface area contributed by atoms with Gasteiger partial charge in [0.25, 0.3) is 0 Å². The van der Waals surface area contributed by atoms with E-state index in [2.05, 4.69) is 21.2 Å². The first-order valence-corrected chi connectivity index (χ1v) is 5.82. The second-order valence-electron chi connectivity index (χ2n) is 3.86. The summed E-state index contributed by atoms with van der Waals surface area (Å²) in [6.07, 6.45) is 1.70. The van der Waals surface area contributed by atoms with E-state index in [9.17, 15) is 9.50 Å². The standard InChI is InChI=1S/C11H13BrFNO/c12-10-4-1-7(13)5-9(10)11(15)6-14-8-2-3-8/h1,4-5,8,11,14-15H,2-3,6H2. The largest absolute Gasteiger partial charge is 0.387 e. The number of halogens is 2. The average molecular weight is 274 g/mol. The minimum Gasteiger partial charge on any atom is -0.387 e. The van der Waals surface area contributed by atoms with Crippen molar-refractivity contribution in [2.75, 3.05) is 6.54 Å². The van der Waals surface area contributed by atoms with Gasteiger partial charge in [-0.1, -0.05) is 15.9 Å². The van der Waals surface area contributed by atoms with E-state index in [1.54, 1.807) is 6.07 Å². The van der Waals surface area contributed by atoms with Gasteiger partial charge >= 0.3 is 0 Å². The lowest BCUT2D eigenvalue weighted by Gasteiger charge is -2.13. The third-order valence-electron chi connectivity index (χ3n) is 2.49. The predicted octanol–water partition coefficient (Wildman–Crippen LogP) is 2.37. The molecule has 2 nitrogen and oxygen atoms in total. The van der Waals surface area contributed by atoms with Crippen molar-refractivity contribution in [1.29, 1.82) is 0 Å². The Labute approximate surface area is 96.6 Å². The molecule has 1 fully saturated rings. The van der Waals surface area contributed by atoms with Crippen molar-refractivity contribution in [3.8, 4) is 0 Å². The number of aliphatic hydroxyl groups is 1. The van der Waals surface area contributed by atoms with Crippen LogP contribution in [0.25, 0.3) is 0 Å². The highest BCUT2D eigenvalue weighted by Crippen LogP contribution is 2.25. The number of aliphatic hydroxyl groups excluding tert-OH is 1. The van der Waals surface area contributed by atoms with Crippen molar-refractivity contribution < 1.29 is 9.50 Å². The predicted molar refractivity (Wildman–Crippen MR) is 60.1 cm³/mol. The fourth-order valence-electron chi connectivity index (χ4n) is 1.45. The fraction of sp³-hybridized carbons (Fsp3) is 0.455. The Hall–Kier alpha value is -0.450. The average Bonchev–Trinajstić information content (AvgIpc) is 3.02. The maximum absolute atomic E-state index is 13.0. The molecule has 0 spiro atoms. The molecule has 1 aliphatic carbocycles. The van der Waals surface area contributed by atoms with Crippen molar-refractivity contribution in [3.63, 3.8) is 0 Å². The van der Waals surface area contributed by atoms with Crippen LogP contribution < -0.4 is 5.32 Å². The molecular formula is C11H13BrFNO. The van der Waals surface area contributed by atoms with Crippen molar-refractivity contribution in [2.45, 2.75) is 25.0 Å². The Morgan fingerprint density at radius 3 is 2.93 bits per heavy atom. The summed E-state index contributed by atoms with van der Waals surface area (Å²) in [5.41, 5.74) is 0.600. The summed E-state index contributed by atoms with van der Waals surface area (Å²) in [5.74, 6) is -0.321. The maximum atomic E-state index is 13.0. The van der Waals surface area contributed by atoms with Crippen molar-refractivity contribution in [2.24, 2.45) is 0 Å². The minimum atomic E-state index is -0.657. The lowest BCUT2D eigenvalue weighted by atomic mass is 10.1. The molecule has 1 atom stereocenters. The summed E-state index contributed by atoms with van der Waals surface area (Å²) in [5, 5.41) is 13.1. The highest BCUT2D eigenvalue weighted by molar-refractivity contribution is 9.10. The van der Waals surface area contributed by atoms with Gasteiger partial charge in [0.1, 0.15) is 5.82 Å². The second kappa shape index (κ2) is 4.60. The number of rotatable bonds is 4. The number of nitrogens with one attached hydrogen (secondary N) is 1. The first-order valence-electron chi connectivity index (χ1n) is 5.03. The van der Waals surface area contributed by atoms with Crippen molar-refractivity contribution in [3.05, 3.63) is 34.1 Å². The lowest BCUT2D eigenvalue weighted by Crippen LogP contribution is -2.23. The summed E-state index contributed by atoms with van der Waals surface area (Å²) in [6.45, 7) is 0.479. The highest BCUT2D eigenvalue weighted by atomic mass is 79.9. The van der Waals surface area contributed by atoms with E-state index in [1.807, 2.05) is 0 Å². The van der Waals surface area contributed by atoms with Gasteiger partial charge in [-0.25, -0.2) is 4.39 Å². The first-order chi connectivity index (χ1) is 7.16. The molecule has 1 aromatic carbocycles. The molecular weight excluding hydrogens is 261 g/mol. The third kappa shape index (κ3) is 3.00. The molecule has 0 bridgehead atoms. The van der Waals surface area contributed by atoms with Gasteiger partial charge in [0, 0.05) is 17.1 Å². The van der Waals surface area contributed by atoms with Crippen LogP contribution in [0, 0.1) is 5.82 Å². The van der Waals surface area contributed by atoms with Crippen LogP contribution >= 0.6 is 15.9 Å². The SMILES string of the molecule is OC(CNC1CC1)c1cc(F)ccc1Br. The molecule has 2 rings (SSSR count). The molecule has 0 saturated heterocycles. The van der Waals surface area contributed by atoms with Gasteiger partial charge in [-0.05, 0) is 36.6 Å². The Bertz CT molecular complexity index is 354. The topological polar surface area (TPSA) is 32.3 Å². The number of hydrogen-bond acceptors (Lipinski definition) is 2. The molecule has 1 unspecified atom stereocenters. The van der Waals surface area contributed by atoms with E-state index in [1.165, 1.54) is 25.0 Å². The van der Waals surface area contributed by atoms with E-state index in [0.29, 0.717) is 18.2 Å². The van der Waals surface area contributed by atoms with Crippen molar-refractivity contribution in [1.82, 2.24) is 5.32 Å². The number of benzene rings is 1. The third-order valence-corrected chi connectivity index (χ3v) is 3.22. The summed E-state index contributed by atoms with van der Waals surface area (Å²) < 4.78 is 13.7. The normalized spacial score (nSPS) is 17.8. The molecule has 1 aromatic rings. The molecule has 0 radical (unpaired) electrons. The van der Waals surface area contributed by atoms with Crippen LogP contribution in [0.4, 0.5) is 4.39 Å².